The maximum absolute atomic E-state index is 3.16. The molecule has 0 saturated heterocycles. The van der Waals surface area contributed by atoms with Gasteiger partial charge in [0, 0.05) is 17.0 Å². The van der Waals surface area contributed by atoms with Gasteiger partial charge in [-0.3, -0.25) is 0 Å². The van der Waals surface area contributed by atoms with Gasteiger partial charge >= 0.3 is 0 Å². The van der Waals surface area contributed by atoms with E-state index in [1.807, 2.05) is 0 Å². The molecule has 2 saturated carbocycles. The van der Waals surface area contributed by atoms with Crippen LogP contribution >= 0.6 is 0 Å². The van der Waals surface area contributed by atoms with E-state index in [0.29, 0.717) is 11.8 Å². The standard InChI is InChI=1S/C41H67NSi/c1-9-11-13-20-26-41(27-21-14-12-10-2)37-25-19-18-24-33(37)35-29-36-34(30-38(35)41)31(3)28-39(36)43(7,8)42(40(4,5)6)32-22-16-15-17-23-32/h18-19,24-25,29-32,34,36,39H,9-17,20-23,26-28H2,1-8H3. The zero-order valence-corrected chi connectivity index (χ0v) is 30.6. The lowest BCUT2D eigenvalue weighted by molar-refractivity contribution is 0.140. The van der Waals surface area contributed by atoms with Crippen molar-refractivity contribution in [3.8, 4) is 0 Å². The molecule has 0 aliphatic heterocycles. The van der Waals surface area contributed by atoms with E-state index in [0.717, 1.165) is 17.5 Å². The summed E-state index contributed by atoms with van der Waals surface area (Å²) in [4.78, 5) is 0. The molecule has 0 heterocycles. The SMILES string of the molecule is CCCCCCC1(CCCCCC)C2=CC3C(C)CC([Si](C)(C)N(C4CCCCC4)C(C)(C)C)C3C=C2c2ccccc21. The highest BCUT2D eigenvalue weighted by Crippen LogP contribution is 2.63. The third-order valence-electron chi connectivity index (χ3n) is 12.6. The summed E-state index contributed by atoms with van der Waals surface area (Å²) < 4.78 is 3.16. The molecule has 0 bridgehead atoms. The normalized spacial score (nSPS) is 27.1. The summed E-state index contributed by atoms with van der Waals surface area (Å²) in [6.45, 7) is 20.5. The van der Waals surface area contributed by atoms with Gasteiger partial charge in [0.2, 0.25) is 0 Å². The first kappa shape index (κ1) is 33.2. The Kier molecular flexibility index (Phi) is 10.6. The molecule has 0 N–H and O–H groups in total. The van der Waals surface area contributed by atoms with Gasteiger partial charge in [-0.05, 0) is 98.4 Å². The second kappa shape index (κ2) is 13.7. The average Bonchev–Trinajstić information content (AvgIpc) is 3.45. The summed E-state index contributed by atoms with van der Waals surface area (Å²) in [7, 11) is -1.74. The smallest absolute Gasteiger partial charge is 0.126 e. The molecule has 1 aromatic carbocycles. The molecule has 4 aliphatic rings. The number of allylic oxidation sites excluding steroid dienone is 4. The van der Waals surface area contributed by atoms with Crippen molar-refractivity contribution in [1.29, 1.82) is 0 Å². The van der Waals surface area contributed by atoms with Crippen LogP contribution in [-0.2, 0) is 5.41 Å². The Hall–Kier alpha value is -1.12. The molecule has 5 rings (SSSR count). The van der Waals surface area contributed by atoms with Gasteiger partial charge in [-0.25, -0.2) is 0 Å². The number of hydrogen-bond donors (Lipinski definition) is 0. The van der Waals surface area contributed by atoms with Crippen molar-refractivity contribution in [2.45, 2.75) is 180 Å². The molecule has 43 heavy (non-hydrogen) atoms. The molecule has 240 valence electrons. The minimum Gasteiger partial charge on any atom is -0.316 e. The predicted molar refractivity (Wildman–Crippen MR) is 192 cm³/mol. The van der Waals surface area contributed by atoms with Crippen molar-refractivity contribution < 1.29 is 0 Å². The molecule has 1 nitrogen and oxygen atoms in total. The lowest BCUT2D eigenvalue weighted by Gasteiger charge is -2.55. The van der Waals surface area contributed by atoms with E-state index in [9.17, 15) is 0 Å². The number of fused-ring (bicyclic) bond motifs is 4. The fourth-order valence-electron chi connectivity index (χ4n) is 10.9. The van der Waals surface area contributed by atoms with Crippen LogP contribution in [0.15, 0.2) is 42.0 Å². The highest BCUT2D eigenvalue weighted by molar-refractivity contribution is 6.76. The lowest BCUT2D eigenvalue weighted by Crippen LogP contribution is -2.64. The molecule has 4 aliphatic carbocycles. The lowest BCUT2D eigenvalue weighted by atomic mass is 9.67. The molecule has 2 fully saturated rings. The van der Waals surface area contributed by atoms with Gasteiger partial charge in [-0.1, -0.05) is 141 Å². The maximum atomic E-state index is 3.16. The molecule has 1 aromatic rings. The molecule has 2 heteroatoms. The van der Waals surface area contributed by atoms with Crippen LogP contribution in [0.2, 0.25) is 18.6 Å². The van der Waals surface area contributed by atoms with E-state index < -0.39 is 8.24 Å². The van der Waals surface area contributed by atoms with E-state index in [2.05, 4.69) is 95.6 Å². The van der Waals surface area contributed by atoms with Gasteiger partial charge in [0.25, 0.3) is 0 Å². The van der Waals surface area contributed by atoms with Crippen LogP contribution in [0.25, 0.3) is 5.57 Å². The maximum Gasteiger partial charge on any atom is 0.126 e. The summed E-state index contributed by atoms with van der Waals surface area (Å²) in [5, 5.41) is 0. The van der Waals surface area contributed by atoms with E-state index >= 15 is 0 Å². The van der Waals surface area contributed by atoms with Crippen LogP contribution in [0.1, 0.15) is 155 Å². The van der Waals surface area contributed by atoms with Crippen LogP contribution in [0, 0.1) is 17.8 Å². The zero-order valence-electron chi connectivity index (χ0n) is 29.6. The second-order valence-corrected chi connectivity index (χ2v) is 21.4. The largest absolute Gasteiger partial charge is 0.316 e. The Bertz CT molecular complexity index is 1120. The minimum absolute atomic E-state index is 0.235. The first-order valence-electron chi connectivity index (χ1n) is 18.9. The Morgan fingerprint density at radius 2 is 1.44 bits per heavy atom. The van der Waals surface area contributed by atoms with Crippen molar-refractivity contribution in [3.05, 3.63) is 53.1 Å². The van der Waals surface area contributed by atoms with Crippen LogP contribution in [0.5, 0.6) is 0 Å². The molecular formula is C41H67NSi. The number of benzene rings is 1. The molecule has 4 unspecified atom stereocenters. The quantitative estimate of drug-likeness (QED) is 0.160. The average molecular weight is 602 g/mol. The number of nitrogens with zero attached hydrogens (tertiary/aromatic N) is 1. The van der Waals surface area contributed by atoms with E-state index in [1.165, 1.54) is 103 Å². The summed E-state index contributed by atoms with van der Waals surface area (Å²) in [5.41, 5.74) is 8.00. The van der Waals surface area contributed by atoms with Crippen molar-refractivity contribution in [2.24, 2.45) is 17.8 Å². The van der Waals surface area contributed by atoms with E-state index in [4.69, 9.17) is 0 Å². The van der Waals surface area contributed by atoms with Crippen molar-refractivity contribution in [3.63, 3.8) is 0 Å². The Labute approximate surface area is 268 Å². The summed E-state index contributed by atoms with van der Waals surface area (Å²) in [6.07, 6.45) is 28.0. The summed E-state index contributed by atoms with van der Waals surface area (Å²) in [6, 6.07) is 10.5. The zero-order chi connectivity index (χ0) is 30.8. The number of hydrogen-bond acceptors (Lipinski definition) is 1. The highest BCUT2D eigenvalue weighted by Gasteiger charge is 2.56. The van der Waals surface area contributed by atoms with E-state index in [1.54, 1.807) is 22.3 Å². The Morgan fingerprint density at radius 1 is 0.814 bits per heavy atom. The Balaban J connectivity index is 1.53. The fourth-order valence-corrected chi connectivity index (χ4v) is 16.4. The second-order valence-electron chi connectivity index (χ2n) is 16.9. The molecule has 0 amide bonds. The Morgan fingerprint density at radius 3 is 2.05 bits per heavy atom. The van der Waals surface area contributed by atoms with E-state index in [-0.39, 0.29) is 11.0 Å². The monoisotopic (exact) mass is 602 g/mol. The first-order valence-corrected chi connectivity index (χ1v) is 21.9. The van der Waals surface area contributed by atoms with Crippen molar-refractivity contribution in [1.82, 2.24) is 4.57 Å². The molecule has 0 spiro atoms. The van der Waals surface area contributed by atoms with Crippen LogP contribution in [-0.4, -0.2) is 24.4 Å². The van der Waals surface area contributed by atoms with Gasteiger partial charge in [0.15, 0.2) is 0 Å². The first-order chi connectivity index (χ1) is 20.6. The molecule has 0 radical (unpaired) electrons. The third-order valence-corrected chi connectivity index (χ3v) is 17.3. The van der Waals surface area contributed by atoms with Gasteiger partial charge < -0.3 is 4.57 Å². The summed E-state index contributed by atoms with van der Waals surface area (Å²) in [5.74, 6) is 2.19. The van der Waals surface area contributed by atoms with Crippen LogP contribution < -0.4 is 0 Å². The third kappa shape index (κ3) is 6.45. The van der Waals surface area contributed by atoms with Gasteiger partial charge in [-0.2, -0.15) is 0 Å². The predicted octanol–water partition coefficient (Wildman–Crippen LogP) is 12.5. The number of unbranched alkanes of at least 4 members (excludes halogenated alkanes) is 6. The van der Waals surface area contributed by atoms with Crippen molar-refractivity contribution in [2.75, 3.05) is 0 Å². The fraction of sp³-hybridized carbons (Fsp3) is 0.756. The minimum atomic E-state index is -1.74. The highest BCUT2D eigenvalue weighted by atomic mass is 28.3. The molecule has 0 aromatic heterocycles. The molecular weight excluding hydrogens is 535 g/mol. The van der Waals surface area contributed by atoms with Gasteiger partial charge in [0.05, 0.1) is 0 Å². The topological polar surface area (TPSA) is 3.24 Å². The van der Waals surface area contributed by atoms with Gasteiger partial charge in [-0.15, -0.1) is 0 Å². The van der Waals surface area contributed by atoms with Crippen LogP contribution in [0.4, 0.5) is 0 Å². The van der Waals surface area contributed by atoms with Crippen LogP contribution in [0.3, 0.4) is 0 Å². The number of rotatable bonds is 13. The summed E-state index contributed by atoms with van der Waals surface area (Å²) >= 11 is 0. The van der Waals surface area contributed by atoms with Crippen molar-refractivity contribution >= 4 is 13.8 Å². The molecule has 4 atom stereocenters. The van der Waals surface area contributed by atoms with Gasteiger partial charge in [0.1, 0.15) is 8.24 Å².